The molecule has 0 spiro atoms. The lowest BCUT2D eigenvalue weighted by atomic mass is 10.2. The van der Waals surface area contributed by atoms with E-state index in [-0.39, 0.29) is 18.0 Å². The third-order valence-electron chi connectivity index (χ3n) is 2.61. The molecule has 1 heterocycles. The van der Waals surface area contributed by atoms with Crippen molar-refractivity contribution in [2.24, 2.45) is 5.73 Å². The van der Waals surface area contributed by atoms with Crippen molar-refractivity contribution in [2.75, 3.05) is 0 Å². The number of thiophene rings is 1. The molecular weight excluding hydrogens is 367 g/mol. The van der Waals surface area contributed by atoms with Crippen LogP contribution in [0.3, 0.4) is 0 Å². The molecular formula is C12H12BrFN2O2S2. The highest BCUT2D eigenvalue weighted by atomic mass is 79.9. The first-order valence-corrected chi connectivity index (χ1v) is 8.74. The average molecular weight is 379 g/mol. The molecule has 0 fully saturated rings. The number of hydrogen-bond donors (Lipinski definition) is 2. The molecule has 108 valence electrons. The van der Waals surface area contributed by atoms with Crippen LogP contribution >= 0.6 is 27.3 Å². The Morgan fingerprint density at radius 2 is 2.05 bits per heavy atom. The molecule has 8 heteroatoms. The molecule has 0 aliphatic heterocycles. The van der Waals surface area contributed by atoms with Gasteiger partial charge < -0.3 is 5.73 Å². The van der Waals surface area contributed by atoms with E-state index in [0.29, 0.717) is 9.35 Å². The minimum Gasteiger partial charge on any atom is -0.326 e. The van der Waals surface area contributed by atoms with Crippen LogP contribution in [0, 0.1) is 5.82 Å². The summed E-state index contributed by atoms with van der Waals surface area (Å²) in [4.78, 5) is 0.877. The molecule has 20 heavy (non-hydrogen) atoms. The maximum atomic E-state index is 13.4. The van der Waals surface area contributed by atoms with Gasteiger partial charge in [0.15, 0.2) is 0 Å². The second kappa shape index (κ2) is 6.31. The molecule has 0 aliphatic rings. The summed E-state index contributed by atoms with van der Waals surface area (Å²) in [6.07, 6.45) is 0. The lowest BCUT2D eigenvalue weighted by Gasteiger charge is -2.06. The van der Waals surface area contributed by atoms with Crippen LogP contribution in [0.5, 0.6) is 0 Å². The van der Waals surface area contributed by atoms with E-state index in [1.807, 2.05) is 0 Å². The van der Waals surface area contributed by atoms with Gasteiger partial charge in [0.2, 0.25) is 10.0 Å². The summed E-state index contributed by atoms with van der Waals surface area (Å²) in [5.41, 5.74) is 5.78. The third kappa shape index (κ3) is 3.44. The molecule has 0 unspecified atom stereocenters. The third-order valence-corrected chi connectivity index (χ3v) is 6.28. The van der Waals surface area contributed by atoms with Gasteiger partial charge >= 0.3 is 0 Å². The topological polar surface area (TPSA) is 72.2 Å². The number of nitrogens with two attached hydrogens (primary N) is 1. The number of rotatable bonds is 5. The minimum absolute atomic E-state index is 0.102. The van der Waals surface area contributed by atoms with Gasteiger partial charge in [-0.25, -0.2) is 17.5 Å². The summed E-state index contributed by atoms with van der Waals surface area (Å²) in [5, 5.41) is 0. The first-order chi connectivity index (χ1) is 9.44. The summed E-state index contributed by atoms with van der Waals surface area (Å²) < 4.78 is 40.6. The van der Waals surface area contributed by atoms with Gasteiger partial charge in [-0.15, -0.1) is 11.3 Å². The van der Waals surface area contributed by atoms with Crippen LogP contribution in [0.4, 0.5) is 4.39 Å². The first-order valence-electron chi connectivity index (χ1n) is 5.65. The summed E-state index contributed by atoms with van der Waals surface area (Å²) in [6.45, 7) is 0.168. The number of nitrogens with one attached hydrogen (secondary N) is 1. The Morgan fingerprint density at radius 3 is 2.65 bits per heavy atom. The van der Waals surface area contributed by atoms with Crippen LogP contribution < -0.4 is 10.5 Å². The molecule has 0 saturated carbocycles. The Morgan fingerprint density at radius 1 is 1.35 bits per heavy atom. The zero-order valence-electron chi connectivity index (χ0n) is 10.3. The largest absolute Gasteiger partial charge is 0.326 e. The van der Waals surface area contributed by atoms with E-state index in [0.717, 1.165) is 4.88 Å². The molecule has 0 atom stereocenters. The van der Waals surface area contributed by atoms with E-state index in [1.54, 1.807) is 12.1 Å². The Bertz CT molecular complexity index is 716. The second-order valence-corrected chi connectivity index (χ2v) is 8.16. The summed E-state index contributed by atoms with van der Waals surface area (Å²) in [6, 6.07) is 7.54. The van der Waals surface area contributed by atoms with Crippen molar-refractivity contribution < 1.29 is 12.8 Å². The van der Waals surface area contributed by atoms with Crippen LogP contribution in [-0.4, -0.2) is 8.42 Å². The predicted octanol–water partition coefficient (Wildman–Crippen LogP) is 2.59. The van der Waals surface area contributed by atoms with Gasteiger partial charge in [-0.2, -0.15) is 0 Å². The van der Waals surface area contributed by atoms with Crippen LogP contribution in [0.1, 0.15) is 10.4 Å². The standard InChI is InChI=1S/C12H12BrFN2O2S2/c13-12-11(5-9(6-15)19-12)20(17,18)16-7-8-3-1-2-4-10(8)14/h1-5,16H,6-7,15H2. The van der Waals surface area contributed by atoms with E-state index in [2.05, 4.69) is 20.7 Å². The predicted molar refractivity (Wildman–Crippen MR) is 80.3 cm³/mol. The number of hydrogen-bond acceptors (Lipinski definition) is 4. The van der Waals surface area contributed by atoms with Gasteiger partial charge in [0.05, 0.1) is 3.79 Å². The summed E-state index contributed by atoms with van der Waals surface area (Å²) in [7, 11) is -3.70. The van der Waals surface area contributed by atoms with Crippen LogP contribution in [-0.2, 0) is 23.1 Å². The SMILES string of the molecule is NCc1cc(S(=O)(=O)NCc2ccccc2F)c(Br)s1. The summed E-state index contributed by atoms with van der Waals surface area (Å²) >= 11 is 4.47. The van der Waals surface area contributed by atoms with E-state index in [9.17, 15) is 12.8 Å². The van der Waals surface area contributed by atoms with Crippen molar-refractivity contribution in [2.45, 2.75) is 18.0 Å². The van der Waals surface area contributed by atoms with Crippen LogP contribution in [0.25, 0.3) is 0 Å². The normalized spacial score (nSPS) is 11.8. The molecule has 0 amide bonds. The zero-order valence-corrected chi connectivity index (χ0v) is 13.5. The van der Waals surface area contributed by atoms with Crippen molar-refractivity contribution in [1.29, 1.82) is 0 Å². The van der Waals surface area contributed by atoms with Gasteiger partial charge in [-0.05, 0) is 28.1 Å². The van der Waals surface area contributed by atoms with Gasteiger partial charge in [0, 0.05) is 23.5 Å². The molecule has 3 N–H and O–H groups in total. The molecule has 0 aliphatic carbocycles. The van der Waals surface area contributed by atoms with Gasteiger partial charge in [-0.1, -0.05) is 18.2 Å². The van der Waals surface area contributed by atoms with Crippen LogP contribution in [0.2, 0.25) is 0 Å². The minimum atomic E-state index is -3.70. The highest BCUT2D eigenvalue weighted by molar-refractivity contribution is 9.11. The highest BCUT2D eigenvalue weighted by Gasteiger charge is 2.20. The molecule has 2 rings (SSSR count). The number of halogens is 2. The Balaban J connectivity index is 2.19. The molecule has 1 aromatic heterocycles. The Kier molecular flexibility index (Phi) is 4.92. The molecule has 0 radical (unpaired) electrons. The Hall–Kier alpha value is -0.800. The van der Waals surface area contributed by atoms with E-state index in [4.69, 9.17) is 5.73 Å². The maximum Gasteiger partial charge on any atom is 0.242 e. The van der Waals surface area contributed by atoms with Crippen molar-refractivity contribution in [3.05, 3.63) is 50.4 Å². The van der Waals surface area contributed by atoms with Crippen LogP contribution in [0.15, 0.2) is 39.0 Å². The van der Waals surface area contributed by atoms with E-state index in [1.165, 1.54) is 29.5 Å². The number of sulfonamides is 1. The molecule has 1 aromatic carbocycles. The zero-order chi connectivity index (χ0) is 14.8. The maximum absolute atomic E-state index is 13.4. The van der Waals surface area contributed by atoms with Gasteiger partial charge in [0.1, 0.15) is 10.7 Å². The fraction of sp³-hybridized carbons (Fsp3) is 0.167. The fourth-order valence-electron chi connectivity index (χ4n) is 1.57. The van der Waals surface area contributed by atoms with Crippen molar-refractivity contribution in [1.82, 2.24) is 4.72 Å². The van der Waals surface area contributed by atoms with E-state index >= 15 is 0 Å². The van der Waals surface area contributed by atoms with E-state index < -0.39 is 15.8 Å². The van der Waals surface area contributed by atoms with Gasteiger partial charge in [0.25, 0.3) is 0 Å². The van der Waals surface area contributed by atoms with Crippen molar-refractivity contribution in [3.63, 3.8) is 0 Å². The lowest BCUT2D eigenvalue weighted by Crippen LogP contribution is -2.23. The quantitative estimate of drug-likeness (QED) is 0.839. The molecule has 4 nitrogen and oxygen atoms in total. The highest BCUT2D eigenvalue weighted by Crippen LogP contribution is 2.31. The fourth-order valence-corrected chi connectivity index (χ4v) is 5.14. The molecule has 0 saturated heterocycles. The number of benzene rings is 1. The smallest absolute Gasteiger partial charge is 0.242 e. The second-order valence-electron chi connectivity index (χ2n) is 3.97. The van der Waals surface area contributed by atoms with Crippen molar-refractivity contribution >= 4 is 37.3 Å². The Labute approximate surface area is 129 Å². The average Bonchev–Trinajstić information content (AvgIpc) is 2.80. The monoisotopic (exact) mass is 378 g/mol. The van der Waals surface area contributed by atoms with Crippen molar-refractivity contribution in [3.8, 4) is 0 Å². The molecule has 0 bridgehead atoms. The first kappa shape index (κ1) is 15.6. The van der Waals surface area contributed by atoms with Gasteiger partial charge in [-0.3, -0.25) is 0 Å². The molecule has 2 aromatic rings. The lowest BCUT2D eigenvalue weighted by molar-refractivity contribution is 0.574. The summed E-state index contributed by atoms with van der Waals surface area (Å²) in [5.74, 6) is -0.442.